The number of hydrogen-bond donors (Lipinski definition) is 4. The number of aromatic hydroxyl groups is 1. The summed E-state index contributed by atoms with van der Waals surface area (Å²) >= 11 is 0. The van der Waals surface area contributed by atoms with E-state index in [4.69, 9.17) is 5.73 Å². The van der Waals surface area contributed by atoms with Gasteiger partial charge in [-0.25, -0.2) is 8.78 Å². The summed E-state index contributed by atoms with van der Waals surface area (Å²) in [5, 5.41) is 19.2. The average molecular weight is 332 g/mol. The van der Waals surface area contributed by atoms with Crippen LogP contribution in [0.3, 0.4) is 0 Å². The number of phenols is 1. The van der Waals surface area contributed by atoms with Gasteiger partial charge in [0.1, 0.15) is 0 Å². The van der Waals surface area contributed by atoms with Gasteiger partial charge in [-0.05, 0) is 18.2 Å². The minimum Gasteiger partial charge on any atom is -0.503 e. The van der Waals surface area contributed by atoms with Crippen LogP contribution in [0.25, 0.3) is 10.9 Å². The van der Waals surface area contributed by atoms with E-state index in [2.05, 4.69) is 15.5 Å². The second-order valence-electron chi connectivity index (χ2n) is 5.28. The van der Waals surface area contributed by atoms with Crippen molar-refractivity contribution in [3.8, 4) is 5.75 Å². The van der Waals surface area contributed by atoms with E-state index < -0.39 is 29.3 Å². The molecule has 1 unspecified atom stereocenters. The monoisotopic (exact) mass is 332 g/mol. The molecule has 3 aromatic rings. The number of nitrogens with two attached hydrogens (primary N) is 1. The predicted octanol–water partition coefficient (Wildman–Crippen LogP) is 2.06. The topological polar surface area (TPSA) is 104 Å². The maximum atomic E-state index is 13.7. The number of nitrogens with one attached hydrogen (secondary N) is 2. The third-order valence-electron chi connectivity index (χ3n) is 3.63. The van der Waals surface area contributed by atoms with Crippen molar-refractivity contribution in [2.45, 2.75) is 12.5 Å². The van der Waals surface area contributed by atoms with Gasteiger partial charge in [0.15, 0.2) is 17.4 Å². The van der Waals surface area contributed by atoms with E-state index in [1.165, 1.54) is 0 Å². The Hall–Kier alpha value is -3.00. The molecule has 124 valence electrons. The zero-order valence-corrected chi connectivity index (χ0v) is 12.4. The van der Waals surface area contributed by atoms with Gasteiger partial charge in [0.05, 0.1) is 17.2 Å². The maximum Gasteiger partial charge on any atom is 0.241 e. The molecule has 1 atom stereocenters. The van der Waals surface area contributed by atoms with E-state index >= 15 is 0 Å². The molecule has 0 spiro atoms. The van der Waals surface area contributed by atoms with Gasteiger partial charge >= 0.3 is 0 Å². The van der Waals surface area contributed by atoms with Crippen molar-refractivity contribution in [1.29, 1.82) is 0 Å². The SMILES string of the molecule is NC(Cc1[nH]nc2ccccc12)C(=O)Nc1ccc(F)c(O)c1F. The summed E-state index contributed by atoms with van der Waals surface area (Å²) in [6, 6.07) is 8.21. The lowest BCUT2D eigenvalue weighted by Gasteiger charge is -2.13. The van der Waals surface area contributed by atoms with E-state index in [9.17, 15) is 18.7 Å². The van der Waals surface area contributed by atoms with Crippen LogP contribution in [-0.4, -0.2) is 27.3 Å². The number of hydrogen-bond acceptors (Lipinski definition) is 4. The number of fused-ring (bicyclic) bond motifs is 1. The molecule has 0 aliphatic heterocycles. The Kier molecular flexibility index (Phi) is 4.13. The highest BCUT2D eigenvalue weighted by atomic mass is 19.1. The van der Waals surface area contributed by atoms with Gasteiger partial charge in [-0.3, -0.25) is 9.89 Å². The average Bonchev–Trinajstić information content (AvgIpc) is 2.98. The molecule has 0 saturated heterocycles. The summed E-state index contributed by atoms with van der Waals surface area (Å²) in [6.45, 7) is 0. The number of amides is 1. The van der Waals surface area contributed by atoms with E-state index in [-0.39, 0.29) is 12.1 Å². The number of carbonyl (C=O) groups is 1. The van der Waals surface area contributed by atoms with Crippen LogP contribution >= 0.6 is 0 Å². The molecule has 0 bridgehead atoms. The molecule has 8 heteroatoms. The third-order valence-corrected chi connectivity index (χ3v) is 3.63. The van der Waals surface area contributed by atoms with Crippen LogP contribution < -0.4 is 11.1 Å². The number of aromatic nitrogens is 2. The molecule has 1 aromatic heterocycles. The van der Waals surface area contributed by atoms with Gasteiger partial charge in [0.25, 0.3) is 0 Å². The lowest BCUT2D eigenvalue weighted by molar-refractivity contribution is -0.117. The molecule has 0 radical (unpaired) electrons. The highest BCUT2D eigenvalue weighted by Gasteiger charge is 2.20. The normalized spacial score (nSPS) is 12.3. The van der Waals surface area contributed by atoms with Crippen LogP contribution in [0.4, 0.5) is 14.5 Å². The summed E-state index contributed by atoms with van der Waals surface area (Å²) in [5.41, 5.74) is 6.92. The molecular weight excluding hydrogens is 318 g/mol. The first-order chi connectivity index (χ1) is 11.5. The van der Waals surface area contributed by atoms with Crippen LogP contribution in [0.1, 0.15) is 5.69 Å². The number of para-hydroxylation sites is 1. The number of phenolic OH excluding ortho intramolecular Hbond substituents is 1. The molecule has 0 fully saturated rings. The van der Waals surface area contributed by atoms with Crippen LogP contribution in [0.2, 0.25) is 0 Å². The molecule has 5 N–H and O–H groups in total. The quantitative estimate of drug-likeness (QED) is 0.587. The number of anilines is 1. The highest BCUT2D eigenvalue weighted by Crippen LogP contribution is 2.26. The van der Waals surface area contributed by atoms with Crippen molar-refractivity contribution in [3.63, 3.8) is 0 Å². The second-order valence-corrected chi connectivity index (χ2v) is 5.28. The van der Waals surface area contributed by atoms with Gasteiger partial charge in [0, 0.05) is 17.5 Å². The van der Waals surface area contributed by atoms with Crippen molar-refractivity contribution in [2.24, 2.45) is 5.73 Å². The minimum absolute atomic E-state index is 0.154. The number of rotatable bonds is 4. The number of aromatic amines is 1. The number of carbonyl (C=O) groups excluding carboxylic acids is 1. The molecule has 24 heavy (non-hydrogen) atoms. The fourth-order valence-electron chi connectivity index (χ4n) is 2.35. The number of nitrogens with zero attached hydrogens (tertiary/aromatic N) is 1. The van der Waals surface area contributed by atoms with Crippen molar-refractivity contribution in [1.82, 2.24) is 10.2 Å². The Morgan fingerprint density at radius 1 is 1.29 bits per heavy atom. The van der Waals surface area contributed by atoms with E-state index in [0.717, 1.165) is 23.0 Å². The van der Waals surface area contributed by atoms with Crippen molar-refractivity contribution in [3.05, 3.63) is 53.7 Å². The summed E-state index contributed by atoms with van der Waals surface area (Å²) in [4.78, 5) is 12.1. The van der Waals surface area contributed by atoms with Crippen molar-refractivity contribution in [2.75, 3.05) is 5.32 Å². The molecular formula is C16H14F2N4O2. The first kappa shape index (κ1) is 15.9. The Bertz CT molecular complexity index is 910. The van der Waals surface area contributed by atoms with Gasteiger partial charge in [0.2, 0.25) is 5.91 Å². The fourth-order valence-corrected chi connectivity index (χ4v) is 2.35. The van der Waals surface area contributed by atoms with E-state index in [1.807, 2.05) is 24.3 Å². The maximum absolute atomic E-state index is 13.7. The zero-order valence-electron chi connectivity index (χ0n) is 12.4. The third kappa shape index (κ3) is 2.91. The molecule has 1 heterocycles. The second kappa shape index (κ2) is 6.25. The summed E-state index contributed by atoms with van der Waals surface area (Å²) in [7, 11) is 0. The Balaban J connectivity index is 1.75. The van der Waals surface area contributed by atoms with Crippen LogP contribution in [-0.2, 0) is 11.2 Å². The Morgan fingerprint density at radius 3 is 2.83 bits per heavy atom. The van der Waals surface area contributed by atoms with Crippen molar-refractivity contribution < 1.29 is 18.7 Å². The van der Waals surface area contributed by atoms with Crippen LogP contribution in [0, 0.1) is 11.6 Å². The molecule has 2 aromatic carbocycles. The highest BCUT2D eigenvalue weighted by molar-refractivity contribution is 5.95. The molecule has 0 saturated carbocycles. The number of halogens is 2. The summed E-state index contributed by atoms with van der Waals surface area (Å²) in [6.07, 6.45) is 0.154. The Morgan fingerprint density at radius 2 is 2.04 bits per heavy atom. The molecule has 6 nitrogen and oxygen atoms in total. The van der Waals surface area contributed by atoms with E-state index in [0.29, 0.717) is 5.69 Å². The summed E-state index contributed by atoms with van der Waals surface area (Å²) < 4.78 is 26.7. The zero-order chi connectivity index (χ0) is 17.3. The fraction of sp³-hybridized carbons (Fsp3) is 0.125. The molecule has 0 aliphatic carbocycles. The number of benzene rings is 2. The molecule has 3 rings (SSSR count). The van der Waals surface area contributed by atoms with Gasteiger partial charge in [-0.2, -0.15) is 5.10 Å². The first-order valence-electron chi connectivity index (χ1n) is 7.12. The first-order valence-corrected chi connectivity index (χ1v) is 7.12. The van der Waals surface area contributed by atoms with Gasteiger partial charge in [-0.1, -0.05) is 18.2 Å². The smallest absolute Gasteiger partial charge is 0.241 e. The molecule has 0 aliphatic rings. The Labute approximate surface area is 135 Å². The van der Waals surface area contributed by atoms with E-state index in [1.54, 1.807) is 0 Å². The lowest BCUT2D eigenvalue weighted by atomic mass is 10.1. The predicted molar refractivity (Wildman–Crippen MR) is 84.4 cm³/mol. The lowest BCUT2D eigenvalue weighted by Crippen LogP contribution is -2.37. The van der Waals surface area contributed by atoms with Gasteiger partial charge < -0.3 is 16.2 Å². The molecule has 1 amide bonds. The summed E-state index contributed by atoms with van der Waals surface area (Å²) in [5.74, 6) is -4.18. The van der Waals surface area contributed by atoms with Crippen LogP contribution in [0.15, 0.2) is 36.4 Å². The van der Waals surface area contributed by atoms with Gasteiger partial charge in [-0.15, -0.1) is 0 Å². The van der Waals surface area contributed by atoms with Crippen molar-refractivity contribution >= 4 is 22.5 Å². The largest absolute Gasteiger partial charge is 0.503 e. The minimum atomic E-state index is -1.25. The van der Waals surface area contributed by atoms with Crippen LogP contribution in [0.5, 0.6) is 5.75 Å². The standard InChI is InChI=1S/C16H14F2N4O2/c17-9-5-6-12(14(18)15(9)23)20-16(24)10(19)7-13-8-3-1-2-4-11(8)21-22-13/h1-6,10,23H,7,19H2,(H,20,24)(H,21,22). The number of H-pyrrole nitrogens is 1.